The Labute approximate surface area is 165 Å². The van der Waals surface area contributed by atoms with E-state index in [4.69, 9.17) is 9.47 Å². The van der Waals surface area contributed by atoms with Crippen molar-refractivity contribution in [2.45, 2.75) is 20.3 Å². The van der Waals surface area contributed by atoms with Gasteiger partial charge in [0.15, 0.2) is 0 Å². The molecule has 0 unspecified atom stereocenters. The number of aryl methyl sites for hydroxylation is 2. The fraction of sp³-hybridized carbons (Fsp3) is 0.273. The highest BCUT2D eigenvalue weighted by atomic mass is 16.5. The molecule has 0 aliphatic carbocycles. The van der Waals surface area contributed by atoms with E-state index in [1.807, 2.05) is 62.4 Å². The van der Waals surface area contributed by atoms with Crippen molar-refractivity contribution in [1.82, 2.24) is 5.32 Å². The lowest BCUT2D eigenvalue weighted by Crippen LogP contribution is -2.20. The number of methoxy groups -OCH3 is 1. The van der Waals surface area contributed by atoms with Crippen molar-refractivity contribution in [3.05, 3.63) is 65.4 Å². The average molecular weight is 379 g/mol. The van der Waals surface area contributed by atoms with E-state index in [-0.39, 0.29) is 5.57 Å². The van der Waals surface area contributed by atoms with Gasteiger partial charge in [-0.15, -0.1) is 0 Å². The number of anilines is 1. The molecule has 0 spiro atoms. The Hall–Kier alpha value is -3.46. The van der Waals surface area contributed by atoms with E-state index in [2.05, 4.69) is 10.6 Å². The molecule has 2 aromatic rings. The highest BCUT2D eigenvalue weighted by molar-refractivity contribution is 6.07. The maximum atomic E-state index is 12.4. The smallest absolute Gasteiger partial charge is 0.267 e. The molecule has 28 heavy (non-hydrogen) atoms. The second-order valence-corrected chi connectivity index (χ2v) is 6.06. The number of benzene rings is 2. The van der Waals surface area contributed by atoms with E-state index < -0.39 is 5.91 Å². The largest absolute Gasteiger partial charge is 0.497 e. The second kappa shape index (κ2) is 10.6. The monoisotopic (exact) mass is 379 g/mol. The number of carbonyl (C=O) groups is 1. The van der Waals surface area contributed by atoms with Gasteiger partial charge >= 0.3 is 0 Å². The van der Waals surface area contributed by atoms with Crippen molar-refractivity contribution in [1.29, 1.82) is 5.26 Å². The summed E-state index contributed by atoms with van der Waals surface area (Å²) >= 11 is 0. The summed E-state index contributed by atoms with van der Waals surface area (Å²) in [6, 6.07) is 15.0. The van der Waals surface area contributed by atoms with E-state index in [1.54, 1.807) is 7.11 Å². The van der Waals surface area contributed by atoms with Crippen LogP contribution in [0.1, 0.15) is 18.1 Å². The summed E-state index contributed by atoms with van der Waals surface area (Å²) in [5, 5.41) is 15.1. The number of nitriles is 1. The van der Waals surface area contributed by atoms with E-state index in [1.165, 1.54) is 6.20 Å². The topological polar surface area (TPSA) is 83.4 Å². The van der Waals surface area contributed by atoms with Crippen LogP contribution in [-0.4, -0.2) is 26.2 Å². The number of nitrogens with zero attached hydrogens (tertiary/aromatic N) is 1. The van der Waals surface area contributed by atoms with Gasteiger partial charge in [0.05, 0.1) is 7.11 Å². The molecule has 146 valence electrons. The highest BCUT2D eigenvalue weighted by Crippen LogP contribution is 2.21. The van der Waals surface area contributed by atoms with Crippen molar-refractivity contribution in [3.8, 4) is 17.6 Å². The Morgan fingerprint density at radius 1 is 1.18 bits per heavy atom. The van der Waals surface area contributed by atoms with Crippen molar-refractivity contribution in [2.24, 2.45) is 0 Å². The van der Waals surface area contributed by atoms with Crippen LogP contribution < -0.4 is 20.1 Å². The molecule has 0 fully saturated rings. The second-order valence-electron chi connectivity index (χ2n) is 6.06. The van der Waals surface area contributed by atoms with Crippen molar-refractivity contribution < 1.29 is 14.3 Å². The number of ether oxygens (including phenoxy) is 2. The van der Waals surface area contributed by atoms with Gasteiger partial charge in [-0.25, -0.2) is 0 Å². The van der Waals surface area contributed by atoms with Gasteiger partial charge < -0.3 is 20.1 Å². The summed E-state index contributed by atoms with van der Waals surface area (Å²) in [6.45, 7) is 4.80. The number of carbonyl (C=O) groups excluding carboxylic acids is 1. The Balaban J connectivity index is 1.87. The zero-order chi connectivity index (χ0) is 20.4. The molecule has 0 heterocycles. The maximum Gasteiger partial charge on any atom is 0.267 e. The Morgan fingerprint density at radius 3 is 2.54 bits per heavy atom. The standard InChI is InChI=1S/C22H25N3O3/c1-4-17-7-5-6-16(2)21(17)25-22(26)18(14-23)15-24-12-13-28-20-10-8-19(27-3)9-11-20/h5-11,15,24H,4,12-13H2,1-3H3,(H,25,26)/b18-15-. The lowest BCUT2D eigenvalue weighted by Gasteiger charge is -2.12. The van der Waals surface area contributed by atoms with E-state index in [0.717, 1.165) is 34.7 Å². The molecular weight excluding hydrogens is 354 g/mol. The van der Waals surface area contributed by atoms with E-state index >= 15 is 0 Å². The van der Waals surface area contributed by atoms with Gasteiger partial charge in [0.1, 0.15) is 29.7 Å². The molecule has 1 amide bonds. The number of rotatable bonds is 9. The summed E-state index contributed by atoms with van der Waals surface area (Å²) < 4.78 is 10.7. The summed E-state index contributed by atoms with van der Waals surface area (Å²) in [5.41, 5.74) is 2.77. The molecule has 0 saturated heterocycles. The van der Waals surface area contributed by atoms with Gasteiger partial charge in [-0.3, -0.25) is 4.79 Å². The van der Waals surface area contributed by atoms with Gasteiger partial charge in [0, 0.05) is 18.4 Å². The van der Waals surface area contributed by atoms with Gasteiger partial charge in [-0.05, 0) is 48.7 Å². The average Bonchev–Trinajstić information content (AvgIpc) is 2.72. The Kier molecular flexibility index (Phi) is 7.92. The lowest BCUT2D eigenvalue weighted by molar-refractivity contribution is -0.112. The molecular formula is C22H25N3O3. The molecule has 2 N–H and O–H groups in total. The number of hydrogen-bond donors (Lipinski definition) is 2. The van der Waals surface area contributed by atoms with E-state index in [0.29, 0.717) is 13.2 Å². The first-order valence-electron chi connectivity index (χ1n) is 9.09. The number of hydrogen-bond acceptors (Lipinski definition) is 5. The summed E-state index contributed by atoms with van der Waals surface area (Å²) in [7, 11) is 1.61. The number of nitrogens with one attached hydrogen (secondary N) is 2. The summed E-state index contributed by atoms with van der Waals surface area (Å²) in [5.74, 6) is 1.05. The van der Waals surface area contributed by atoms with Gasteiger partial charge in [-0.2, -0.15) is 5.26 Å². The molecule has 0 radical (unpaired) electrons. The van der Waals surface area contributed by atoms with Crippen LogP contribution in [0.3, 0.4) is 0 Å². The molecule has 0 aromatic heterocycles. The first-order valence-corrected chi connectivity index (χ1v) is 9.09. The maximum absolute atomic E-state index is 12.4. The predicted octanol–water partition coefficient (Wildman–Crippen LogP) is 3.58. The van der Waals surface area contributed by atoms with Crippen LogP contribution in [0.15, 0.2) is 54.2 Å². The van der Waals surface area contributed by atoms with Crippen LogP contribution in [0.2, 0.25) is 0 Å². The first-order chi connectivity index (χ1) is 13.6. The molecule has 0 aliphatic rings. The fourth-order valence-electron chi connectivity index (χ4n) is 2.61. The molecule has 0 atom stereocenters. The third-order valence-electron chi connectivity index (χ3n) is 4.16. The van der Waals surface area contributed by atoms with E-state index in [9.17, 15) is 10.1 Å². The molecule has 2 aromatic carbocycles. The first kappa shape index (κ1) is 20.8. The zero-order valence-electron chi connectivity index (χ0n) is 16.4. The summed E-state index contributed by atoms with van der Waals surface area (Å²) in [4.78, 5) is 12.4. The van der Waals surface area contributed by atoms with Gasteiger partial charge in [0.25, 0.3) is 5.91 Å². The molecule has 0 aliphatic heterocycles. The zero-order valence-corrected chi connectivity index (χ0v) is 16.4. The third kappa shape index (κ3) is 5.78. The van der Waals surface area contributed by atoms with Crippen LogP contribution in [0.4, 0.5) is 5.69 Å². The fourth-order valence-corrected chi connectivity index (χ4v) is 2.61. The molecule has 6 heteroatoms. The SMILES string of the molecule is CCc1cccc(C)c1NC(=O)/C(C#N)=C\NCCOc1ccc(OC)cc1. The van der Waals surface area contributed by atoms with Crippen LogP contribution in [0.25, 0.3) is 0 Å². The molecule has 2 rings (SSSR count). The van der Waals surface area contributed by atoms with Gasteiger partial charge in [-0.1, -0.05) is 25.1 Å². The Bertz CT molecular complexity index is 868. The van der Waals surface area contributed by atoms with Crippen LogP contribution >= 0.6 is 0 Å². The molecule has 0 bridgehead atoms. The minimum Gasteiger partial charge on any atom is -0.497 e. The molecule has 6 nitrogen and oxygen atoms in total. The minimum absolute atomic E-state index is 0.00903. The normalized spacial score (nSPS) is 10.7. The lowest BCUT2D eigenvalue weighted by atomic mass is 10.1. The van der Waals surface area contributed by atoms with Gasteiger partial charge in [0.2, 0.25) is 0 Å². The van der Waals surface area contributed by atoms with Crippen molar-refractivity contribution in [3.63, 3.8) is 0 Å². The molecule has 0 saturated carbocycles. The number of para-hydroxylation sites is 1. The minimum atomic E-state index is -0.435. The van der Waals surface area contributed by atoms with Crippen LogP contribution in [-0.2, 0) is 11.2 Å². The van der Waals surface area contributed by atoms with Crippen LogP contribution in [0, 0.1) is 18.3 Å². The summed E-state index contributed by atoms with van der Waals surface area (Å²) in [6.07, 6.45) is 2.21. The number of amides is 1. The van der Waals surface area contributed by atoms with Crippen LogP contribution in [0.5, 0.6) is 11.5 Å². The Morgan fingerprint density at radius 2 is 1.89 bits per heavy atom. The third-order valence-corrected chi connectivity index (χ3v) is 4.16. The quantitative estimate of drug-likeness (QED) is 0.395. The van der Waals surface area contributed by atoms with Crippen molar-refractivity contribution >= 4 is 11.6 Å². The highest BCUT2D eigenvalue weighted by Gasteiger charge is 2.12. The van der Waals surface area contributed by atoms with Crippen molar-refractivity contribution in [2.75, 3.05) is 25.6 Å². The predicted molar refractivity (Wildman–Crippen MR) is 109 cm³/mol.